The van der Waals surface area contributed by atoms with Gasteiger partial charge in [0, 0.05) is 6.42 Å². The Morgan fingerprint density at radius 2 is 1.13 bits per heavy atom. The first-order chi connectivity index (χ1) is 25.0. The summed E-state index contributed by atoms with van der Waals surface area (Å²) in [6.07, 6.45) is 43.1. The number of hydrogen-bond acceptors (Lipinski definition) is 5. The first kappa shape index (κ1) is 50.7. The van der Waals surface area contributed by atoms with Gasteiger partial charge >= 0.3 is 7.82 Å². The summed E-state index contributed by atoms with van der Waals surface area (Å²) < 4.78 is 23.2. The van der Waals surface area contributed by atoms with E-state index in [1.165, 1.54) is 122 Å². The molecule has 52 heavy (non-hydrogen) atoms. The largest absolute Gasteiger partial charge is 0.472 e. The molecule has 1 amide bonds. The maximum atomic E-state index is 12.7. The highest BCUT2D eigenvalue weighted by Gasteiger charge is 2.27. The summed E-state index contributed by atoms with van der Waals surface area (Å²) in [7, 11) is 1.56. The van der Waals surface area contributed by atoms with Crippen molar-refractivity contribution in [2.75, 3.05) is 40.9 Å². The van der Waals surface area contributed by atoms with E-state index in [2.05, 4.69) is 36.5 Å². The normalized spacial score (nSPS) is 14.8. The molecule has 0 heterocycles. The molecule has 3 atom stereocenters. The van der Waals surface area contributed by atoms with Crippen molar-refractivity contribution in [3.05, 3.63) is 36.5 Å². The number of phosphoric ester groups is 1. The summed E-state index contributed by atoms with van der Waals surface area (Å²) >= 11 is 0. The third-order valence-corrected chi connectivity index (χ3v) is 10.3. The van der Waals surface area contributed by atoms with Crippen molar-refractivity contribution in [1.82, 2.24) is 5.32 Å². The second-order valence-corrected chi connectivity index (χ2v) is 17.2. The zero-order valence-corrected chi connectivity index (χ0v) is 35.4. The van der Waals surface area contributed by atoms with Crippen molar-refractivity contribution in [2.45, 2.75) is 193 Å². The fraction of sp³-hybridized carbons (Fsp3) is 0.837. The molecule has 0 aromatic heterocycles. The summed E-state index contributed by atoms with van der Waals surface area (Å²) in [5.41, 5.74) is 0. The number of allylic oxidation sites excluding steroid dienone is 5. The lowest BCUT2D eigenvalue weighted by molar-refractivity contribution is -0.870. The molecule has 0 aliphatic rings. The maximum Gasteiger partial charge on any atom is 0.472 e. The average Bonchev–Trinajstić information content (AvgIpc) is 3.09. The number of phosphoric acid groups is 1. The van der Waals surface area contributed by atoms with Crippen LogP contribution in [0.3, 0.4) is 0 Å². The molecule has 9 heteroatoms. The molecule has 0 aliphatic heterocycles. The number of nitrogens with one attached hydrogen (secondary N) is 1. The van der Waals surface area contributed by atoms with Crippen LogP contribution in [0.15, 0.2) is 36.5 Å². The molecule has 0 aromatic carbocycles. The van der Waals surface area contributed by atoms with E-state index < -0.39 is 20.0 Å². The van der Waals surface area contributed by atoms with E-state index in [1.54, 1.807) is 6.08 Å². The van der Waals surface area contributed by atoms with Crippen LogP contribution >= 0.6 is 7.82 Å². The second-order valence-electron chi connectivity index (χ2n) is 15.7. The van der Waals surface area contributed by atoms with Crippen LogP contribution in [0.1, 0.15) is 181 Å². The molecule has 0 bridgehead atoms. The van der Waals surface area contributed by atoms with Gasteiger partial charge in [0.15, 0.2) is 0 Å². The van der Waals surface area contributed by atoms with Gasteiger partial charge in [-0.25, -0.2) is 4.57 Å². The van der Waals surface area contributed by atoms with Crippen LogP contribution in [0.4, 0.5) is 0 Å². The van der Waals surface area contributed by atoms with Gasteiger partial charge in [0.1, 0.15) is 13.2 Å². The van der Waals surface area contributed by atoms with Crippen molar-refractivity contribution in [3.8, 4) is 0 Å². The third-order valence-electron chi connectivity index (χ3n) is 9.34. The number of unbranched alkanes of at least 4 members (excludes halogenated alkanes) is 21. The molecule has 0 saturated heterocycles. The Bertz CT molecular complexity index is 948. The van der Waals surface area contributed by atoms with Crippen molar-refractivity contribution < 1.29 is 32.9 Å². The number of quaternary nitrogens is 1. The quantitative estimate of drug-likeness (QED) is 0.0251. The molecule has 0 aromatic rings. The van der Waals surface area contributed by atoms with Crippen LogP contribution in [-0.2, 0) is 18.4 Å². The Hall–Kier alpha value is -1.28. The number of rotatable bonds is 38. The fourth-order valence-electron chi connectivity index (χ4n) is 5.90. The first-order valence-corrected chi connectivity index (χ1v) is 22.9. The zero-order valence-electron chi connectivity index (χ0n) is 34.5. The molecular weight excluding hydrogens is 671 g/mol. The van der Waals surface area contributed by atoms with E-state index in [4.69, 9.17) is 9.05 Å². The highest BCUT2D eigenvalue weighted by atomic mass is 31.2. The van der Waals surface area contributed by atoms with E-state index in [1.807, 2.05) is 34.1 Å². The standard InChI is InChI=1S/C43H83N2O6P/c1-6-8-10-11-12-13-14-15-16-17-18-19-20-21-22-23-24-25-26-27-28-29-30-31-32-33-35-37-43(47)44-41(42(46)36-34-9-7-2)40-51-52(48,49)50-39-38-45(3,4)5/h14-15,17-18,34,36,41-42,46H,6-13,16,19-33,35,37-40H2,1-5H3,(H-,44,47,48,49)/p+1/b15-14-,18-17-,36-34+. The topological polar surface area (TPSA) is 105 Å². The third kappa shape index (κ3) is 37.1. The van der Waals surface area contributed by atoms with Gasteiger partial charge in [0.05, 0.1) is 39.9 Å². The summed E-state index contributed by atoms with van der Waals surface area (Å²) in [6, 6.07) is -0.840. The zero-order chi connectivity index (χ0) is 38.6. The monoisotopic (exact) mass is 756 g/mol. The Morgan fingerprint density at radius 1 is 0.654 bits per heavy atom. The molecule has 0 rings (SSSR count). The lowest BCUT2D eigenvalue weighted by Gasteiger charge is -2.25. The number of aliphatic hydroxyl groups excluding tert-OH is 1. The number of aliphatic hydroxyl groups is 1. The molecule has 3 unspecified atom stereocenters. The van der Waals surface area contributed by atoms with E-state index in [9.17, 15) is 19.4 Å². The van der Waals surface area contributed by atoms with E-state index in [0.717, 1.165) is 38.5 Å². The van der Waals surface area contributed by atoms with Crippen LogP contribution in [-0.4, -0.2) is 73.4 Å². The first-order valence-electron chi connectivity index (χ1n) is 21.4. The van der Waals surface area contributed by atoms with Crippen LogP contribution in [0.25, 0.3) is 0 Å². The molecule has 3 N–H and O–H groups in total. The summed E-state index contributed by atoms with van der Waals surface area (Å²) in [6.45, 7) is 4.58. The Labute approximate surface area is 321 Å². The number of amides is 1. The lowest BCUT2D eigenvalue weighted by atomic mass is 10.0. The highest BCUT2D eigenvalue weighted by Crippen LogP contribution is 2.43. The molecule has 0 aliphatic carbocycles. The van der Waals surface area contributed by atoms with Crippen LogP contribution in [0.5, 0.6) is 0 Å². The molecule has 0 fully saturated rings. The van der Waals surface area contributed by atoms with Gasteiger partial charge in [-0.2, -0.15) is 0 Å². The fourth-order valence-corrected chi connectivity index (χ4v) is 6.64. The maximum absolute atomic E-state index is 12.7. The number of carbonyl (C=O) groups excluding carboxylic acids is 1. The van der Waals surface area contributed by atoms with Crippen molar-refractivity contribution >= 4 is 13.7 Å². The van der Waals surface area contributed by atoms with Crippen molar-refractivity contribution in [3.63, 3.8) is 0 Å². The second kappa shape index (κ2) is 35.4. The minimum atomic E-state index is -4.31. The average molecular weight is 756 g/mol. The van der Waals surface area contributed by atoms with Gasteiger partial charge in [0.25, 0.3) is 0 Å². The SMILES string of the molecule is CCC/C=C/C(O)C(COP(=O)(O)OCC[N+](C)(C)C)NC(=O)CCCCCCCCCCCCCCCCC/C=C\C/C=C\CCCCCCC. The van der Waals surface area contributed by atoms with E-state index in [0.29, 0.717) is 17.4 Å². The van der Waals surface area contributed by atoms with Gasteiger partial charge < -0.3 is 19.8 Å². The molecule has 0 radical (unpaired) electrons. The minimum absolute atomic E-state index is 0.0598. The number of nitrogens with zero attached hydrogens (tertiary/aromatic N) is 1. The van der Waals surface area contributed by atoms with Gasteiger partial charge in [-0.05, 0) is 44.9 Å². The van der Waals surface area contributed by atoms with Gasteiger partial charge in [-0.15, -0.1) is 0 Å². The molecule has 0 spiro atoms. The Morgan fingerprint density at radius 3 is 1.62 bits per heavy atom. The summed E-state index contributed by atoms with van der Waals surface area (Å²) in [4.78, 5) is 22.8. The lowest BCUT2D eigenvalue weighted by Crippen LogP contribution is -2.45. The predicted octanol–water partition coefficient (Wildman–Crippen LogP) is 11.5. The van der Waals surface area contributed by atoms with Crippen LogP contribution in [0.2, 0.25) is 0 Å². The van der Waals surface area contributed by atoms with E-state index >= 15 is 0 Å². The van der Waals surface area contributed by atoms with Gasteiger partial charge in [0.2, 0.25) is 5.91 Å². The Kier molecular flexibility index (Phi) is 34.6. The molecule has 8 nitrogen and oxygen atoms in total. The van der Waals surface area contributed by atoms with Crippen molar-refractivity contribution in [2.24, 2.45) is 0 Å². The highest BCUT2D eigenvalue weighted by molar-refractivity contribution is 7.47. The number of likely N-dealkylation sites (N-methyl/N-ethyl adjacent to an activating group) is 1. The Balaban J connectivity index is 3.85. The van der Waals surface area contributed by atoms with Gasteiger partial charge in [-0.3, -0.25) is 13.8 Å². The van der Waals surface area contributed by atoms with E-state index in [-0.39, 0.29) is 19.1 Å². The molecule has 306 valence electrons. The minimum Gasteiger partial charge on any atom is -0.387 e. The summed E-state index contributed by atoms with van der Waals surface area (Å²) in [5, 5.41) is 13.4. The van der Waals surface area contributed by atoms with Crippen molar-refractivity contribution in [1.29, 1.82) is 0 Å². The van der Waals surface area contributed by atoms with Crippen LogP contribution in [0, 0.1) is 0 Å². The smallest absolute Gasteiger partial charge is 0.387 e. The number of carbonyl (C=O) groups is 1. The van der Waals surface area contributed by atoms with Crippen LogP contribution < -0.4 is 5.32 Å². The predicted molar refractivity (Wildman–Crippen MR) is 221 cm³/mol. The van der Waals surface area contributed by atoms with Gasteiger partial charge in [-0.1, -0.05) is 166 Å². The molecular formula is C43H84N2O6P+. The summed E-state index contributed by atoms with van der Waals surface area (Å²) in [5.74, 6) is -0.190. The number of hydrogen-bond donors (Lipinski definition) is 3. The molecule has 0 saturated carbocycles.